The number of aromatic nitrogens is 2. The summed E-state index contributed by atoms with van der Waals surface area (Å²) < 4.78 is 2.42. The van der Waals surface area contributed by atoms with Gasteiger partial charge in [-0.2, -0.15) is 0 Å². The lowest BCUT2D eigenvalue weighted by Crippen LogP contribution is -2.13. The molecule has 1 aromatic heterocycles. The van der Waals surface area contributed by atoms with Crippen molar-refractivity contribution < 1.29 is 0 Å². The highest BCUT2D eigenvalue weighted by Crippen LogP contribution is 2.42. The summed E-state index contributed by atoms with van der Waals surface area (Å²) in [5.41, 5.74) is 10.3. The first kappa shape index (κ1) is 18.2. The zero-order valence-electron chi connectivity index (χ0n) is 17.9. The molecule has 0 saturated heterocycles. The summed E-state index contributed by atoms with van der Waals surface area (Å²) in [6.45, 7) is 11.5. The van der Waals surface area contributed by atoms with E-state index in [0.29, 0.717) is 17.8 Å². The molecule has 4 aromatic rings. The monoisotopic (exact) mass is 380 g/mol. The van der Waals surface area contributed by atoms with Gasteiger partial charge in [0.15, 0.2) is 0 Å². The molecule has 0 N–H and O–H groups in total. The molecule has 146 valence electrons. The van der Waals surface area contributed by atoms with E-state index in [9.17, 15) is 0 Å². The van der Waals surface area contributed by atoms with Crippen LogP contribution < -0.4 is 0 Å². The molecule has 0 saturated carbocycles. The zero-order valence-corrected chi connectivity index (χ0v) is 17.9. The maximum atomic E-state index is 5.07. The van der Waals surface area contributed by atoms with E-state index in [2.05, 4.69) is 99.8 Å². The number of rotatable bonds is 2. The van der Waals surface area contributed by atoms with Crippen LogP contribution in [0.4, 0.5) is 0 Å². The number of imidazole rings is 1. The van der Waals surface area contributed by atoms with Gasteiger partial charge in [-0.15, -0.1) is 0 Å². The largest absolute Gasteiger partial charge is 0.292 e. The molecule has 1 aliphatic rings. The van der Waals surface area contributed by atoms with Crippen LogP contribution in [-0.4, -0.2) is 9.55 Å². The molecular formula is C27H28N2. The average molecular weight is 381 g/mol. The number of para-hydroxylation sites is 2. The van der Waals surface area contributed by atoms with E-state index < -0.39 is 0 Å². The van der Waals surface area contributed by atoms with E-state index in [0.717, 1.165) is 11.3 Å². The molecule has 0 spiro atoms. The predicted molar refractivity (Wildman–Crippen MR) is 122 cm³/mol. The third kappa shape index (κ3) is 2.73. The van der Waals surface area contributed by atoms with E-state index >= 15 is 0 Å². The van der Waals surface area contributed by atoms with Crippen LogP contribution in [0.3, 0.4) is 0 Å². The normalized spacial score (nSPS) is 15.3. The van der Waals surface area contributed by atoms with Crippen LogP contribution in [0.1, 0.15) is 74.6 Å². The van der Waals surface area contributed by atoms with Crippen molar-refractivity contribution in [3.63, 3.8) is 0 Å². The van der Waals surface area contributed by atoms with Gasteiger partial charge in [-0.1, -0.05) is 77.1 Å². The van der Waals surface area contributed by atoms with Crippen LogP contribution in [0.25, 0.3) is 28.1 Å². The Kier molecular flexibility index (Phi) is 4.13. The van der Waals surface area contributed by atoms with E-state index in [-0.39, 0.29) is 0 Å². The Morgan fingerprint density at radius 3 is 2.41 bits per heavy atom. The molecule has 0 radical (unpaired) electrons. The number of nitrogens with zero attached hydrogens (tertiary/aromatic N) is 2. The van der Waals surface area contributed by atoms with Crippen molar-refractivity contribution in [3.8, 4) is 17.1 Å². The third-order valence-corrected chi connectivity index (χ3v) is 6.38. The second kappa shape index (κ2) is 6.59. The molecule has 5 rings (SSSR count). The summed E-state index contributed by atoms with van der Waals surface area (Å²) >= 11 is 0. The van der Waals surface area contributed by atoms with Gasteiger partial charge >= 0.3 is 0 Å². The second-order valence-electron chi connectivity index (χ2n) is 8.96. The predicted octanol–water partition coefficient (Wildman–Crippen LogP) is 7.40. The molecule has 0 aliphatic carbocycles. The minimum absolute atomic E-state index is 0.329. The summed E-state index contributed by atoms with van der Waals surface area (Å²) in [6.07, 6.45) is 0. The van der Waals surface area contributed by atoms with Crippen molar-refractivity contribution in [3.05, 3.63) is 82.9 Å². The van der Waals surface area contributed by atoms with Crippen molar-refractivity contribution in [2.24, 2.45) is 0 Å². The van der Waals surface area contributed by atoms with Crippen LogP contribution in [0, 0.1) is 0 Å². The van der Waals surface area contributed by atoms with Crippen molar-refractivity contribution in [2.45, 2.75) is 52.4 Å². The highest BCUT2D eigenvalue weighted by atomic mass is 15.1. The first-order valence-corrected chi connectivity index (χ1v) is 10.7. The highest BCUT2D eigenvalue weighted by Gasteiger charge is 2.27. The van der Waals surface area contributed by atoms with E-state index in [4.69, 9.17) is 4.98 Å². The maximum Gasteiger partial charge on any atom is 0.145 e. The lowest BCUT2D eigenvalue weighted by molar-refractivity contribution is 0.798. The molecular weight excluding hydrogens is 352 g/mol. The second-order valence-corrected chi connectivity index (χ2v) is 8.96. The molecule has 0 fully saturated rings. The van der Waals surface area contributed by atoms with Gasteiger partial charge in [0.1, 0.15) is 5.82 Å². The number of fused-ring (bicyclic) bond motifs is 8. The quantitative estimate of drug-likeness (QED) is 0.354. The van der Waals surface area contributed by atoms with Crippen LogP contribution in [0.15, 0.2) is 60.7 Å². The van der Waals surface area contributed by atoms with Crippen LogP contribution in [-0.2, 0) is 0 Å². The lowest BCUT2D eigenvalue weighted by Gasteiger charge is -2.28. The first-order chi connectivity index (χ1) is 14.0. The maximum absolute atomic E-state index is 5.07. The van der Waals surface area contributed by atoms with Crippen LogP contribution >= 0.6 is 0 Å². The molecule has 29 heavy (non-hydrogen) atoms. The van der Waals surface area contributed by atoms with E-state index in [1.807, 2.05) is 0 Å². The van der Waals surface area contributed by atoms with Gasteiger partial charge in [-0.05, 0) is 52.3 Å². The standard InChI is InChI=1S/C27H28N2/c1-16(2)21-14-22(17(3)4)26-23(15-21)18(5)19-9-8-10-20(13-19)27-28-24-11-6-7-12-25(24)29(26)27/h6-18H,1-5H3. The third-order valence-electron chi connectivity index (χ3n) is 6.38. The Bertz CT molecular complexity index is 1230. The Morgan fingerprint density at radius 2 is 1.66 bits per heavy atom. The SMILES string of the molecule is CC(C)c1cc(C(C)C)c2c(c1)C(C)c1cccc(c1)-c1nc3ccccc3n1-2. The first-order valence-electron chi connectivity index (χ1n) is 10.7. The van der Waals surface area contributed by atoms with E-state index in [1.165, 1.54) is 39.0 Å². The van der Waals surface area contributed by atoms with Crippen molar-refractivity contribution in [2.75, 3.05) is 0 Å². The van der Waals surface area contributed by atoms with Gasteiger partial charge in [0.25, 0.3) is 0 Å². The van der Waals surface area contributed by atoms with Gasteiger partial charge < -0.3 is 0 Å². The molecule has 2 heteroatoms. The van der Waals surface area contributed by atoms with Crippen molar-refractivity contribution in [1.82, 2.24) is 9.55 Å². The van der Waals surface area contributed by atoms with Gasteiger partial charge in [-0.25, -0.2) is 4.98 Å². The summed E-state index contributed by atoms with van der Waals surface area (Å²) in [4.78, 5) is 5.07. The molecule has 2 bridgehead atoms. The number of hydrogen-bond acceptors (Lipinski definition) is 1. The Morgan fingerprint density at radius 1 is 0.862 bits per heavy atom. The highest BCUT2D eigenvalue weighted by molar-refractivity contribution is 5.85. The van der Waals surface area contributed by atoms with Gasteiger partial charge in [0, 0.05) is 11.5 Å². The molecule has 2 nitrogen and oxygen atoms in total. The molecule has 1 atom stereocenters. The molecule has 1 aliphatic heterocycles. The summed E-state index contributed by atoms with van der Waals surface area (Å²) in [5.74, 6) is 2.30. The van der Waals surface area contributed by atoms with Crippen LogP contribution in [0.5, 0.6) is 0 Å². The van der Waals surface area contributed by atoms with Gasteiger partial charge in [-0.3, -0.25) is 4.57 Å². The van der Waals surface area contributed by atoms with E-state index in [1.54, 1.807) is 0 Å². The fourth-order valence-corrected chi connectivity index (χ4v) is 4.64. The Balaban J connectivity index is 2.00. The van der Waals surface area contributed by atoms with Gasteiger partial charge in [0.05, 0.1) is 16.7 Å². The summed E-state index contributed by atoms with van der Waals surface area (Å²) in [5, 5.41) is 0. The number of hydrogen-bond donors (Lipinski definition) is 0. The minimum Gasteiger partial charge on any atom is -0.292 e. The summed E-state index contributed by atoms with van der Waals surface area (Å²) in [7, 11) is 0. The van der Waals surface area contributed by atoms with Crippen LogP contribution in [0.2, 0.25) is 0 Å². The lowest BCUT2D eigenvalue weighted by atomic mass is 9.83. The zero-order chi connectivity index (χ0) is 20.3. The average Bonchev–Trinajstić information content (AvgIpc) is 3.10. The number of benzene rings is 3. The Hall–Kier alpha value is -2.87. The Labute approximate surface area is 173 Å². The fraction of sp³-hybridized carbons (Fsp3) is 0.296. The van der Waals surface area contributed by atoms with Gasteiger partial charge in [0.2, 0.25) is 0 Å². The fourth-order valence-electron chi connectivity index (χ4n) is 4.64. The molecule has 2 heterocycles. The molecule has 1 unspecified atom stereocenters. The van der Waals surface area contributed by atoms with Crippen molar-refractivity contribution in [1.29, 1.82) is 0 Å². The minimum atomic E-state index is 0.329. The molecule has 0 amide bonds. The summed E-state index contributed by atoms with van der Waals surface area (Å²) in [6, 6.07) is 22.3. The smallest absolute Gasteiger partial charge is 0.145 e. The molecule has 3 aromatic carbocycles. The van der Waals surface area contributed by atoms with Crippen molar-refractivity contribution >= 4 is 11.0 Å². The topological polar surface area (TPSA) is 17.8 Å².